The number of carboxylic acids is 1. The van der Waals surface area contributed by atoms with Gasteiger partial charge in [0.2, 0.25) is 12.3 Å². The SMILES string of the molecule is CC(C)(C)C[C@@H]1NC[C@@H](c2cccc(Cl)c2F)C12C(=O)Nc1cc(Cl)c(-c3cc(NC=O)cnc3C(=O)O)cc12. The molecule has 4 N–H and O–H groups in total. The molecule has 1 spiro atoms. The van der Waals surface area contributed by atoms with Crippen LogP contribution in [0.3, 0.4) is 0 Å². The van der Waals surface area contributed by atoms with E-state index >= 15 is 4.39 Å². The number of carbonyl (C=O) groups excluding carboxylic acids is 2. The van der Waals surface area contributed by atoms with Crippen molar-refractivity contribution < 1.29 is 23.9 Å². The first-order chi connectivity index (χ1) is 18.9. The Balaban J connectivity index is 1.79. The van der Waals surface area contributed by atoms with Crippen LogP contribution >= 0.6 is 23.2 Å². The number of fused-ring (bicyclic) bond motifs is 2. The molecule has 2 aromatic carbocycles. The van der Waals surface area contributed by atoms with Crippen LogP contribution in [0.2, 0.25) is 10.0 Å². The Bertz CT molecular complexity index is 1560. The van der Waals surface area contributed by atoms with Crippen molar-refractivity contribution in [2.75, 3.05) is 17.2 Å². The first-order valence-electron chi connectivity index (χ1n) is 12.6. The minimum absolute atomic E-state index is 0.0426. The number of anilines is 2. The maximum atomic E-state index is 15.5. The molecule has 5 rings (SSSR count). The molecule has 3 aromatic rings. The first-order valence-corrected chi connectivity index (χ1v) is 13.4. The van der Waals surface area contributed by atoms with Gasteiger partial charge in [0.1, 0.15) is 5.82 Å². The first kappa shape index (κ1) is 28.0. The van der Waals surface area contributed by atoms with Crippen molar-refractivity contribution in [1.29, 1.82) is 0 Å². The van der Waals surface area contributed by atoms with Crippen molar-refractivity contribution in [3.63, 3.8) is 0 Å². The monoisotopic (exact) mass is 584 g/mol. The van der Waals surface area contributed by atoms with Crippen molar-refractivity contribution >= 4 is 52.9 Å². The van der Waals surface area contributed by atoms with Gasteiger partial charge in [0, 0.05) is 35.3 Å². The van der Waals surface area contributed by atoms with Gasteiger partial charge in [-0.25, -0.2) is 14.2 Å². The molecule has 0 bridgehead atoms. The molecule has 3 atom stereocenters. The van der Waals surface area contributed by atoms with Gasteiger partial charge in [-0.15, -0.1) is 0 Å². The van der Waals surface area contributed by atoms with E-state index in [0.717, 1.165) is 0 Å². The molecule has 1 aromatic heterocycles. The molecule has 8 nitrogen and oxygen atoms in total. The number of benzene rings is 2. The summed E-state index contributed by atoms with van der Waals surface area (Å²) in [5.74, 6) is -2.83. The van der Waals surface area contributed by atoms with Crippen molar-refractivity contribution in [1.82, 2.24) is 10.3 Å². The minimum atomic E-state index is -1.29. The van der Waals surface area contributed by atoms with E-state index in [9.17, 15) is 19.5 Å². The number of carboxylic acid groups (broad SMARTS) is 1. The number of aromatic carboxylic acids is 1. The maximum Gasteiger partial charge on any atom is 0.355 e. The Morgan fingerprint density at radius 1 is 1.23 bits per heavy atom. The van der Waals surface area contributed by atoms with Gasteiger partial charge in [0.05, 0.1) is 27.3 Å². The molecule has 11 heteroatoms. The third kappa shape index (κ3) is 4.52. The molecule has 2 aliphatic heterocycles. The van der Waals surface area contributed by atoms with Crippen LogP contribution in [0.1, 0.15) is 54.7 Å². The van der Waals surface area contributed by atoms with Crippen molar-refractivity contribution in [3.8, 4) is 11.1 Å². The average molecular weight is 585 g/mol. The summed E-state index contributed by atoms with van der Waals surface area (Å²) in [6.07, 6.45) is 2.26. The fraction of sp³-hybridized carbons (Fsp3) is 0.310. The van der Waals surface area contributed by atoms with Crippen LogP contribution < -0.4 is 16.0 Å². The standard InChI is InChI=1S/C29H27Cl2FN4O4/c1-28(2,3)10-23-29(19(12-33-23)15-5-4-6-20(30)24(15)32)18-8-16(21(31)9-22(18)36-27(29)40)17-7-14(35-13-37)11-34-25(17)26(38)39/h4-9,11,13,19,23,33H,10,12H2,1-3H3,(H,35,37)(H,36,40)(H,38,39)/t19-,23-,29?/m0/s1. The van der Waals surface area contributed by atoms with Crippen molar-refractivity contribution in [2.45, 2.75) is 44.6 Å². The summed E-state index contributed by atoms with van der Waals surface area (Å²) in [6.45, 7) is 6.50. The quantitative estimate of drug-likeness (QED) is 0.270. The van der Waals surface area contributed by atoms with Gasteiger partial charge >= 0.3 is 5.97 Å². The zero-order valence-electron chi connectivity index (χ0n) is 21.9. The van der Waals surface area contributed by atoms with Crippen LogP contribution in [-0.4, -0.2) is 41.0 Å². The highest BCUT2D eigenvalue weighted by atomic mass is 35.5. The fourth-order valence-electron chi connectivity index (χ4n) is 6.07. The van der Waals surface area contributed by atoms with Gasteiger partial charge in [-0.3, -0.25) is 9.59 Å². The van der Waals surface area contributed by atoms with Crippen LogP contribution in [0, 0.1) is 11.2 Å². The zero-order chi connectivity index (χ0) is 29.0. The van der Waals surface area contributed by atoms with E-state index in [1.165, 1.54) is 18.3 Å². The van der Waals surface area contributed by atoms with E-state index in [0.29, 0.717) is 41.8 Å². The molecular weight excluding hydrogens is 558 g/mol. The summed E-state index contributed by atoms with van der Waals surface area (Å²) in [5, 5.41) is 18.9. The largest absolute Gasteiger partial charge is 0.476 e. The summed E-state index contributed by atoms with van der Waals surface area (Å²) in [4.78, 5) is 41.3. The molecule has 1 unspecified atom stereocenters. The predicted octanol–water partition coefficient (Wildman–Crippen LogP) is 5.84. The van der Waals surface area contributed by atoms with Crippen LogP contribution in [0.15, 0.2) is 42.6 Å². The van der Waals surface area contributed by atoms with Crippen molar-refractivity contribution in [3.05, 3.63) is 75.3 Å². The average Bonchev–Trinajstić information content (AvgIpc) is 3.37. The normalized spacial score (nSPS) is 21.8. The van der Waals surface area contributed by atoms with Gasteiger partial charge in [-0.1, -0.05) is 56.1 Å². The molecule has 1 fully saturated rings. The van der Waals surface area contributed by atoms with E-state index in [1.54, 1.807) is 24.3 Å². The Kier molecular flexibility index (Phi) is 7.10. The summed E-state index contributed by atoms with van der Waals surface area (Å²) in [6, 6.07) is 9.07. The van der Waals surface area contributed by atoms with Crippen LogP contribution in [0.4, 0.5) is 15.8 Å². The highest BCUT2D eigenvalue weighted by Gasteiger charge is 2.62. The Hall–Kier alpha value is -3.53. The van der Waals surface area contributed by atoms with Crippen LogP contribution in [0.5, 0.6) is 0 Å². The topological polar surface area (TPSA) is 120 Å². The third-order valence-corrected chi connectivity index (χ3v) is 8.23. The highest BCUT2D eigenvalue weighted by Crippen LogP contribution is 2.56. The summed E-state index contributed by atoms with van der Waals surface area (Å²) < 4.78 is 15.5. The maximum absolute atomic E-state index is 15.5. The predicted molar refractivity (Wildman–Crippen MR) is 152 cm³/mol. The molecule has 0 saturated carbocycles. The number of nitrogens with one attached hydrogen (secondary N) is 3. The number of rotatable bonds is 6. The number of pyridine rings is 1. The molecule has 2 aliphatic rings. The van der Waals surface area contributed by atoms with Crippen LogP contribution in [0.25, 0.3) is 11.1 Å². The van der Waals surface area contributed by atoms with E-state index < -0.39 is 29.2 Å². The summed E-state index contributed by atoms with van der Waals surface area (Å²) in [7, 11) is 0. The number of nitrogens with zero attached hydrogens (tertiary/aromatic N) is 1. The second-order valence-corrected chi connectivity index (χ2v) is 12.1. The Morgan fingerprint density at radius 2 is 1.98 bits per heavy atom. The minimum Gasteiger partial charge on any atom is -0.476 e. The van der Waals surface area contributed by atoms with E-state index in [4.69, 9.17) is 23.2 Å². The molecular formula is C29H27Cl2FN4O4. The van der Waals surface area contributed by atoms with Gasteiger partial charge in [-0.2, -0.15) is 0 Å². The van der Waals surface area contributed by atoms with Gasteiger partial charge < -0.3 is 21.1 Å². The van der Waals surface area contributed by atoms with E-state index in [1.807, 2.05) is 0 Å². The van der Waals surface area contributed by atoms with E-state index in [-0.39, 0.29) is 38.3 Å². The van der Waals surface area contributed by atoms with Gasteiger partial charge in [0.15, 0.2) is 5.69 Å². The number of halogens is 3. The number of hydrogen-bond donors (Lipinski definition) is 4. The van der Waals surface area contributed by atoms with E-state index in [2.05, 4.69) is 41.7 Å². The molecule has 1 saturated heterocycles. The lowest BCUT2D eigenvalue weighted by Gasteiger charge is -2.37. The van der Waals surface area contributed by atoms with Gasteiger partial charge in [0.25, 0.3) is 0 Å². The second kappa shape index (κ2) is 10.1. The third-order valence-electron chi connectivity index (χ3n) is 7.62. The smallest absolute Gasteiger partial charge is 0.355 e. The van der Waals surface area contributed by atoms with Crippen molar-refractivity contribution in [2.24, 2.45) is 5.41 Å². The summed E-state index contributed by atoms with van der Waals surface area (Å²) >= 11 is 12.9. The molecule has 0 radical (unpaired) electrons. The van der Waals surface area contributed by atoms with Crippen LogP contribution in [-0.2, 0) is 15.0 Å². The molecule has 0 aliphatic carbocycles. The fourth-order valence-corrected chi connectivity index (χ4v) is 6.52. The summed E-state index contributed by atoms with van der Waals surface area (Å²) in [5.41, 5.74) is 0.323. The number of amides is 2. The lowest BCUT2D eigenvalue weighted by molar-refractivity contribution is -0.122. The molecule has 208 valence electrons. The number of aromatic nitrogens is 1. The van der Waals surface area contributed by atoms with Gasteiger partial charge in [-0.05, 0) is 47.2 Å². The Morgan fingerprint density at radius 3 is 2.65 bits per heavy atom. The number of carbonyl (C=O) groups is 3. The number of hydrogen-bond acceptors (Lipinski definition) is 5. The zero-order valence-corrected chi connectivity index (χ0v) is 23.5. The molecule has 40 heavy (non-hydrogen) atoms. The molecule has 2 amide bonds. The lowest BCUT2D eigenvalue weighted by atomic mass is 9.63. The molecule has 3 heterocycles. The highest BCUT2D eigenvalue weighted by molar-refractivity contribution is 6.34. The Labute approximate surface area is 240 Å². The lowest BCUT2D eigenvalue weighted by Crippen LogP contribution is -2.49. The second-order valence-electron chi connectivity index (χ2n) is 11.3.